The zero-order valence-electron chi connectivity index (χ0n) is 20.8. The Morgan fingerprint density at radius 2 is 1.62 bits per heavy atom. The van der Waals surface area contributed by atoms with Gasteiger partial charge in [-0.1, -0.05) is 35.3 Å². The number of aryl methyl sites for hydroxylation is 1. The van der Waals surface area contributed by atoms with Gasteiger partial charge >= 0.3 is 0 Å². The van der Waals surface area contributed by atoms with Crippen molar-refractivity contribution >= 4 is 40.7 Å². The van der Waals surface area contributed by atoms with E-state index in [0.717, 1.165) is 0 Å². The van der Waals surface area contributed by atoms with Gasteiger partial charge in [0, 0.05) is 21.3 Å². The highest BCUT2D eigenvalue weighted by Crippen LogP contribution is 2.31. The van der Waals surface area contributed by atoms with Gasteiger partial charge in [0.25, 0.3) is 5.91 Å². The van der Waals surface area contributed by atoms with Crippen LogP contribution in [0.2, 0.25) is 10.0 Å². The fourth-order valence-electron chi connectivity index (χ4n) is 3.70. The molecule has 37 heavy (non-hydrogen) atoms. The molecule has 0 saturated heterocycles. The van der Waals surface area contributed by atoms with E-state index in [0.29, 0.717) is 32.8 Å². The molecule has 2 aromatic heterocycles. The van der Waals surface area contributed by atoms with Crippen LogP contribution in [0.3, 0.4) is 0 Å². The van der Waals surface area contributed by atoms with E-state index < -0.39 is 17.5 Å². The van der Waals surface area contributed by atoms with Gasteiger partial charge < -0.3 is 9.73 Å². The number of aromatic nitrogens is 4. The zero-order valence-corrected chi connectivity index (χ0v) is 22.3. The van der Waals surface area contributed by atoms with Gasteiger partial charge in [-0.25, -0.2) is 0 Å². The predicted molar refractivity (Wildman–Crippen MR) is 141 cm³/mol. The number of anilines is 1. The molecule has 192 valence electrons. The predicted octanol–water partition coefficient (Wildman–Crippen LogP) is 5.24. The SMILES string of the molecule is Cc1ccc(-c2nnn(CC(=O)N(c3ccc(Cl)cc3)[C@@H](C(=O)NC(C)(C)C)c3ccc(Cl)cc3)n2)o1. The largest absolute Gasteiger partial charge is 0.458 e. The molecule has 0 aliphatic carbocycles. The number of amides is 2. The van der Waals surface area contributed by atoms with E-state index in [9.17, 15) is 9.59 Å². The van der Waals surface area contributed by atoms with Gasteiger partial charge in [-0.3, -0.25) is 14.5 Å². The topological polar surface area (TPSA) is 106 Å². The number of benzene rings is 2. The highest BCUT2D eigenvalue weighted by molar-refractivity contribution is 6.31. The molecule has 0 unspecified atom stereocenters. The van der Waals surface area contributed by atoms with E-state index in [-0.39, 0.29) is 18.3 Å². The summed E-state index contributed by atoms with van der Waals surface area (Å²) in [5, 5.41) is 16.3. The Labute approximate surface area is 224 Å². The Kier molecular flexibility index (Phi) is 7.65. The molecule has 0 saturated carbocycles. The van der Waals surface area contributed by atoms with Crippen LogP contribution < -0.4 is 10.2 Å². The van der Waals surface area contributed by atoms with Crippen LogP contribution in [0.4, 0.5) is 5.69 Å². The van der Waals surface area contributed by atoms with Crippen LogP contribution in [0.15, 0.2) is 65.1 Å². The molecule has 0 radical (unpaired) electrons. The highest BCUT2D eigenvalue weighted by Gasteiger charge is 2.35. The van der Waals surface area contributed by atoms with Crippen LogP contribution in [0.1, 0.15) is 38.1 Å². The van der Waals surface area contributed by atoms with E-state index in [1.54, 1.807) is 67.6 Å². The Balaban J connectivity index is 1.74. The van der Waals surface area contributed by atoms with Crippen molar-refractivity contribution in [3.63, 3.8) is 0 Å². The van der Waals surface area contributed by atoms with Crippen molar-refractivity contribution in [1.82, 2.24) is 25.5 Å². The van der Waals surface area contributed by atoms with Gasteiger partial charge in [0.05, 0.1) is 0 Å². The Hall–Kier alpha value is -3.69. The lowest BCUT2D eigenvalue weighted by Gasteiger charge is -2.33. The van der Waals surface area contributed by atoms with Gasteiger partial charge in [-0.05, 0) is 87.0 Å². The lowest BCUT2D eigenvalue weighted by Crippen LogP contribution is -2.50. The fourth-order valence-corrected chi connectivity index (χ4v) is 3.95. The first kappa shape index (κ1) is 26.4. The third-order valence-corrected chi connectivity index (χ3v) is 5.76. The van der Waals surface area contributed by atoms with Crippen LogP contribution in [0.25, 0.3) is 11.6 Å². The molecule has 11 heteroatoms. The molecule has 0 bridgehead atoms. The van der Waals surface area contributed by atoms with E-state index in [1.807, 2.05) is 20.8 Å². The number of hydrogen-bond donors (Lipinski definition) is 1. The molecule has 2 heterocycles. The maximum absolute atomic E-state index is 13.8. The molecule has 4 rings (SSSR count). The number of hydrogen-bond acceptors (Lipinski definition) is 6. The second-order valence-corrected chi connectivity index (χ2v) is 10.4. The minimum atomic E-state index is -1.01. The monoisotopic (exact) mass is 540 g/mol. The van der Waals surface area contributed by atoms with E-state index in [1.165, 1.54) is 9.70 Å². The van der Waals surface area contributed by atoms with Crippen molar-refractivity contribution in [1.29, 1.82) is 0 Å². The van der Waals surface area contributed by atoms with Gasteiger partial charge in [-0.2, -0.15) is 4.80 Å². The average molecular weight is 541 g/mol. The number of furan rings is 1. The first-order valence-corrected chi connectivity index (χ1v) is 12.3. The minimum absolute atomic E-state index is 0.249. The fraction of sp³-hybridized carbons (Fsp3) is 0.269. The van der Waals surface area contributed by atoms with E-state index in [2.05, 4.69) is 20.7 Å². The number of rotatable bonds is 7. The average Bonchev–Trinajstić information content (AvgIpc) is 3.46. The van der Waals surface area contributed by atoms with Crippen LogP contribution in [0.5, 0.6) is 0 Å². The number of carbonyl (C=O) groups excluding carboxylic acids is 2. The number of nitrogens with one attached hydrogen (secondary N) is 1. The Bertz CT molecular complexity index is 1390. The standard InChI is InChI=1S/C26H26Cl2N6O3/c1-16-5-14-21(37-16)24-30-32-33(31-24)15-22(35)34(20-12-10-19(28)11-13-20)23(25(36)29-26(2,3)4)17-6-8-18(27)9-7-17/h5-14,23H,15H2,1-4H3,(H,29,36)/t23-/m1/s1. The van der Waals surface area contributed by atoms with Crippen molar-refractivity contribution in [2.75, 3.05) is 4.90 Å². The Morgan fingerprint density at radius 3 is 2.19 bits per heavy atom. The summed E-state index contributed by atoms with van der Waals surface area (Å²) in [6.07, 6.45) is 0. The first-order chi connectivity index (χ1) is 17.5. The molecule has 0 aliphatic heterocycles. The molecule has 1 N–H and O–H groups in total. The molecule has 9 nitrogen and oxygen atoms in total. The van der Waals surface area contributed by atoms with Gasteiger partial charge in [0.2, 0.25) is 11.7 Å². The van der Waals surface area contributed by atoms with Crippen LogP contribution >= 0.6 is 23.2 Å². The smallest absolute Gasteiger partial charge is 0.251 e. The second-order valence-electron chi connectivity index (χ2n) is 9.49. The zero-order chi connectivity index (χ0) is 26.7. The molecule has 0 aliphatic rings. The summed E-state index contributed by atoms with van der Waals surface area (Å²) < 4.78 is 5.55. The summed E-state index contributed by atoms with van der Waals surface area (Å²) in [6.45, 7) is 7.14. The van der Waals surface area contributed by atoms with Crippen molar-refractivity contribution < 1.29 is 14.0 Å². The normalized spacial score (nSPS) is 12.3. The summed E-state index contributed by atoms with van der Waals surface area (Å²) in [5.41, 5.74) is 0.508. The van der Waals surface area contributed by atoms with Crippen molar-refractivity contribution in [3.8, 4) is 11.6 Å². The van der Waals surface area contributed by atoms with Crippen molar-refractivity contribution in [3.05, 3.63) is 82.0 Å². The summed E-state index contributed by atoms with van der Waals surface area (Å²) in [6, 6.07) is 16.0. The highest BCUT2D eigenvalue weighted by atomic mass is 35.5. The van der Waals surface area contributed by atoms with Crippen molar-refractivity contribution in [2.24, 2.45) is 0 Å². The molecule has 2 amide bonds. The van der Waals surface area contributed by atoms with Gasteiger partial charge in [0.15, 0.2) is 5.76 Å². The third kappa shape index (κ3) is 6.55. The number of tetrazole rings is 1. The lowest BCUT2D eigenvalue weighted by molar-refractivity contribution is -0.128. The maximum atomic E-state index is 13.8. The Morgan fingerprint density at radius 1 is 1.00 bits per heavy atom. The van der Waals surface area contributed by atoms with E-state index in [4.69, 9.17) is 27.6 Å². The maximum Gasteiger partial charge on any atom is 0.251 e. The molecule has 0 spiro atoms. The summed E-state index contributed by atoms with van der Waals surface area (Å²) >= 11 is 12.2. The third-order valence-electron chi connectivity index (χ3n) is 5.25. The molecule has 0 fully saturated rings. The number of carbonyl (C=O) groups is 2. The first-order valence-electron chi connectivity index (χ1n) is 11.5. The second kappa shape index (κ2) is 10.7. The van der Waals surface area contributed by atoms with Gasteiger partial charge in [-0.15, -0.1) is 10.2 Å². The lowest BCUT2D eigenvalue weighted by atomic mass is 10.0. The molecule has 1 atom stereocenters. The van der Waals surface area contributed by atoms with Crippen molar-refractivity contribution in [2.45, 2.75) is 45.8 Å². The molecule has 2 aromatic carbocycles. The summed E-state index contributed by atoms with van der Waals surface area (Å²) in [4.78, 5) is 30.1. The summed E-state index contributed by atoms with van der Waals surface area (Å²) in [7, 11) is 0. The molecule has 4 aromatic rings. The summed E-state index contributed by atoms with van der Waals surface area (Å²) in [5.74, 6) is 0.586. The number of halogens is 2. The van der Waals surface area contributed by atoms with Crippen LogP contribution in [-0.4, -0.2) is 37.6 Å². The quantitative estimate of drug-likeness (QED) is 0.343. The van der Waals surface area contributed by atoms with E-state index >= 15 is 0 Å². The molecular weight excluding hydrogens is 515 g/mol. The number of nitrogens with zero attached hydrogens (tertiary/aromatic N) is 5. The van der Waals surface area contributed by atoms with Crippen LogP contribution in [0, 0.1) is 6.92 Å². The molecular formula is C26H26Cl2N6O3. The van der Waals surface area contributed by atoms with Crippen LogP contribution in [-0.2, 0) is 16.1 Å². The minimum Gasteiger partial charge on any atom is -0.458 e. The van der Waals surface area contributed by atoms with Gasteiger partial charge in [0.1, 0.15) is 18.3 Å².